The maximum absolute atomic E-state index is 12.7. The van der Waals surface area contributed by atoms with E-state index in [0.717, 1.165) is 44.4 Å². The van der Waals surface area contributed by atoms with Crippen LogP contribution in [0.3, 0.4) is 0 Å². The smallest absolute Gasteiger partial charge is 0.242 e. The summed E-state index contributed by atoms with van der Waals surface area (Å²) in [7, 11) is 0. The van der Waals surface area contributed by atoms with E-state index in [4.69, 9.17) is 0 Å². The van der Waals surface area contributed by atoms with E-state index in [1.54, 1.807) is 0 Å². The molecule has 5 heteroatoms. The fourth-order valence-corrected chi connectivity index (χ4v) is 4.66. The fraction of sp³-hybridized carbons (Fsp3) is 0.913. The number of rotatable bonds is 9. The van der Waals surface area contributed by atoms with Crippen LogP contribution in [0.1, 0.15) is 91.9 Å². The molecule has 162 valence electrons. The molecule has 0 bridgehead atoms. The van der Waals surface area contributed by atoms with Crippen molar-refractivity contribution in [3.05, 3.63) is 0 Å². The van der Waals surface area contributed by atoms with Gasteiger partial charge in [0, 0.05) is 24.5 Å². The van der Waals surface area contributed by atoms with Gasteiger partial charge in [0.15, 0.2) is 0 Å². The van der Waals surface area contributed by atoms with Gasteiger partial charge in [-0.05, 0) is 69.6 Å². The molecule has 1 aliphatic heterocycles. The highest BCUT2D eigenvalue weighted by atomic mass is 16.2. The molecule has 3 unspecified atom stereocenters. The van der Waals surface area contributed by atoms with Crippen molar-refractivity contribution >= 4 is 11.8 Å². The zero-order valence-electron chi connectivity index (χ0n) is 18.6. The van der Waals surface area contributed by atoms with Gasteiger partial charge in [-0.1, -0.05) is 34.1 Å². The second-order valence-corrected chi connectivity index (χ2v) is 9.52. The molecular formula is C23H43N3O2. The number of hydrogen-bond donors (Lipinski definition) is 3. The molecule has 0 radical (unpaired) electrons. The third kappa shape index (κ3) is 7.38. The van der Waals surface area contributed by atoms with Crippen LogP contribution in [0.15, 0.2) is 0 Å². The lowest BCUT2D eigenvalue weighted by molar-refractivity contribution is -0.132. The Bertz CT molecular complexity index is 486. The molecule has 2 rings (SSSR count). The highest BCUT2D eigenvalue weighted by molar-refractivity contribution is 5.88. The molecule has 1 saturated heterocycles. The van der Waals surface area contributed by atoms with Crippen molar-refractivity contribution in [2.24, 2.45) is 17.8 Å². The molecule has 0 spiro atoms. The Morgan fingerprint density at radius 3 is 2.36 bits per heavy atom. The quantitative estimate of drug-likeness (QED) is 0.522. The first kappa shape index (κ1) is 23.2. The van der Waals surface area contributed by atoms with Crippen molar-refractivity contribution in [3.8, 4) is 0 Å². The zero-order valence-corrected chi connectivity index (χ0v) is 18.6. The molecule has 0 aromatic rings. The Labute approximate surface area is 172 Å². The van der Waals surface area contributed by atoms with Gasteiger partial charge in [-0.15, -0.1) is 0 Å². The van der Waals surface area contributed by atoms with E-state index in [1.807, 2.05) is 13.8 Å². The lowest BCUT2D eigenvalue weighted by atomic mass is 9.82. The van der Waals surface area contributed by atoms with Gasteiger partial charge < -0.3 is 16.0 Å². The predicted molar refractivity (Wildman–Crippen MR) is 115 cm³/mol. The first-order valence-electron chi connectivity index (χ1n) is 11.7. The first-order valence-corrected chi connectivity index (χ1v) is 11.7. The predicted octanol–water partition coefficient (Wildman–Crippen LogP) is 3.77. The van der Waals surface area contributed by atoms with Gasteiger partial charge in [-0.25, -0.2) is 0 Å². The second kappa shape index (κ2) is 11.8. The molecule has 28 heavy (non-hydrogen) atoms. The van der Waals surface area contributed by atoms with E-state index in [2.05, 4.69) is 29.8 Å². The number of carbonyl (C=O) groups excluding carboxylic acids is 2. The van der Waals surface area contributed by atoms with Gasteiger partial charge in [-0.3, -0.25) is 9.59 Å². The molecular weight excluding hydrogens is 350 g/mol. The van der Waals surface area contributed by atoms with Crippen LogP contribution in [0, 0.1) is 17.8 Å². The van der Waals surface area contributed by atoms with E-state index in [0.29, 0.717) is 18.6 Å². The molecule has 0 aromatic carbocycles. The number of piperidine rings is 1. The standard InChI is InChI=1S/C23H43N3O2/c1-5-19-8-6-9-20(25-19)10-7-15-24-23(28)21(16(2)3)26-22(27)18-13-11-17(4)12-14-18/h16-21,25H,5-15H2,1-4H3,(H,24,28)(H,26,27). The number of carbonyl (C=O) groups is 2. The second-order valence-electron chi connectivity index (χ2n) is 9.52. The van der Waals surface area contributed by atoms with Gasteiger partial charge >= 0.3 is 0 Å². The van der Waals surface area contributed by atoms with Crippen LogP contribution in [0.5, 0.6) is 0 Å². The maximum Gasteiger partial charge on any atom is 0.242 e. The summed E-state index contributed by atoms with van der Waals surface area (Å²) in [4.78, 5) is 25.3. The summed E-state index contributed by atoms with van der Waals surface area (Å²) in [6, 6.07) is 0.825. The molecule has 1 heterocycles. The van der Waals surface area contributed by atoms with Crippen LogP contribution >= 0.6 is 0 Å². The number of hydrogen-bond acceptors (Lipinski definition) is 3. The molecule has 0 aromatic heterocycles. The summed E-state index contributed by atoms with van der Waals surface area (Å²) >= 11 is 0. The van der Waals surface area contributed by atoms with E-state index in [9.17, 15) is 9.59 Å². The third-order valence-corrected chi connectivity index (χ3v) is 6.73. The van der Waals surface area contributed by atoms with Crippen molar-refractivity contribution < 1.29 is 9.59 Å². The van der Waals surface area contributed by atoms with Crippen molar-refractivity contribution in [3.63, 3.8) is 0 Å². The fourth-order valence-electron chi connectivity index (χ4n) is 4.66. The largest absolute Gasteiger partial charge is 0.354 e. The van der Waals surface area contributed by atoms with Crippen LogP contribution in [-0.4, -0.2) is 36.5 Å². The summed E-state index contributed by atoms with van der Waals surface area (Å²) < 4.78 is 0. The average Bonchev–Trinajstić information content (AvgIpc) is 2.69. The summed E-state index contributed by atoms with van der Waals surface area (Å²) in [5.74, 6) is 0.929. The Kier molecular flexibility index (Phi) is 9.76. The summed E-state index contributed by atoms with van der Waals surface area (Å²) in [6.07, 6.45) is 11.3. The van der Waals surface area contributed by atoms with E-state index < -0.39 is 6.04 Å². The Morgan fingerprint density at radius 1 is 1.04 bits per heavy atom. The molecule has 1 aliphatic carbocycles. The Hall–Kier alpha value is -1.10. The van der Waals surface area contributed by atoms with Gasteiger partial charge in [0.05, 0.1) is 0 Å². The molecule has 2 amide bonds. The van der Waals surface area contributed by atoms with Crippen molar-refractivity contribution in [1.29, 1.82) is 0 Å². The summed E-state index contributed by atoms with van der Waals surface area (Å²) in [5.41, 5.74) is 0. The molecule has 5 nitrogen and oxygen atoms in total. The first-order chi connectivity index (χ1) is 13.4. The lowest BCUT2D eigenvalue weighted by Crippen LogP contribution is -2.51. The Balaban J connectivity index is 1.71. The van der Waals surface area contributed by atoms with Crippen molar-refractivity contribution in [1.82, 2.24) is 16.0 Å². The maximum atomic E-state index is 12.7. The van der Waals surface area contributed by atoms with Crippen LogP contribution in [0.2, 0.25) is 0 Å². The van der Waals surface area contributed by atoms with Crippen LogP contribution in [-0.2, 0) is 9.59 Å². The third-order valence-electron chi connectivity index (χ3n) is 6.73. The van der Waals surface area contributed by atoms with Gasteiger partial charge in [-0.2, -0.15) is 0 Å². The van der Waals surface area contributed by atoms with Crippen LogP contribution < -0.4 is 16.0 Å². The topological polar surface area (TPSA) is 70.2 Å². The number of nitrogens with one attached hydrogen (secondary N) is 3. The van der Waals surface area contributed by atoms with Crippen molar-refractivity contribution in [2.45, 2.75) is 110 Å². The lowest BCUT2D eigenvalue weighted by Gasteiger charge is -2.30. The van der Waals surface area contributed by atoms with Gasteiger partial charge in [0.1, 0.15) is 6.04 Å². The highest BCUT2D eigenvalue weighted by Gasteiger charge is 2.29. The average molecular weight is 394 g/mol. The van der Waals surface area contributed by atoms with E-state index >= 15 is 0 Å². The van der Waals surface area contributed by atoms with Gasteiger partial charge in [0.25, 0.3) is 0 Å². The van der Waals surface area contributed by atoms with E-state index in [-0.39, 0.29) is 23.7 Å². The molecule has 2 fully saturated rings. The summed E-state index contributed by atoms with van der Waals surface area (Å²) in [5, 5.41) is 9.83. The molecule has 2 aliphatic rings. The SMILES string of the molecule is CCC1CCCC(CCCNC(=O)C(NC(=O)C2CCC(C)CC2)C(C)C)N1. The number of amides is 2. The van der Waals surface area contributed by atoms with Crippen molar-refractivity contribution in [2.75, 3.05) is 6.54 Å². The Morgan fingerprint density at radius 2 is 1.71 bits per heavy atom. The normalized spacial score (nSPS) is 29.3. The van der Waals surface area contributed by atoms with E-state index in [1.165, 1.54) is 25.7 Å². The molecule has 1 saturated carbocycles. The zero-order chi connectivity index (χ0) is 20.5. The summed E-state index contributed by atoms with van der Waals surface area (Å²) in [6.45, 7) is 9.20. The highest BCUT2D eigenvalue weighted by Crippen LogP contribution is 2.28. The minimum atomic E-state index is -0.427. The monoisotopic (exact) mass is 393 g/mol. The molecule has 3 atom stereocenters. The van der Waals surface area contributed by atoms with Crippen LogP contribution in [0.25, 0.3) is 0 Å². The molecule has 3 N–H and O–H groups in total. The minimum Gasteiger partial charge on any atom is -0.354 e. The van der Waals surface area contributed by atoms with Crippen LogP contribution in [0.4, 0.5) is 0 Å². The van der Waals surface area contributed by atoms with Gasteiger partial charge in [0.2, 0.25) is 11.8 Å². The minimum absolute atomic E-state index is 0.0319.